The summed E-state index contributed by atoms with van der Waals surface area (Å²) in [4.78, 5) is 32.2. The number of nitrogens with zero attached hydrogens (tertiary/aromatic N) is 3. The van der Waals surface area contributed by atoms with E-state index in [0.29, 0.717) is 45.5 Å². The second kappa shape index (κ2) is 11.5. The Morgan fingerprint density at radius 2 is 1.89 bits per heavy atom. The molecule has 1 unspecified atom stereocenters. The molecule has 37 heavy (non-hydrogen) atoms. The quantitative estimate of drug-likeness (QED) is 0.462. The second-order valence-electron chi connectivity index (χ2n) is 11.4. The zero-order chi connectivity index (χ0) is 26.6. The first-order valence-corrected chi connectivity index (χ1v) is 13.4. The number of benzene rings is 1. The molecule has 2 heterocycles. The number of likely N-dealkylation sites (tertiary alicyclic amines) is 2. The van der Waals surface area contributed by atoms with E-state index >= 15 is 0 Å². The molecule has 8 heteroatoms. The highest BCUT2D eigenvalue weighted by Crippen LogP contribution is 2.34. The Bertz CT molecular complexity index is 1070. The Kier molecular flexibility index (Phi) is 8.41. The zero-order valence-electron chi connectivity index (χ0n) is 22.2. The molecule has 1 aromatic rings. The van der Waals surface area contributed by atoms with Crippen molar-refractivity contribution in [2.24, 2.45) is 11.8 Å². The fourth-order valence-corrected chi connectivity index (χ4v) is 5.33. The van der Waals surface area contributed by atoms with Gasteiger partial charge in [0.25, 0.3) is 0 Å². The van der Waals surface area contributed by atoms with Crippen LogP contribution in [0, 0.1) is 24.2 Å². The first kappa shape index (κ1) is 27.0. The van der Waals surface area contributed by atoms with Gasteiger partial charge in [-0.3, -0.25) is 14.5 Å². The van der Waals surface area contributed by atoms with Crippen molar-refractivity contribution in [1.29, 1.82) is 0 Å². The van der Waals surface area contributed by atoms with Crippen LogP contribution >= 0.6 is 0 Å². The van der Waals surface area contributed by atoms with E-state index in [4.69, 9.17) is 16.0 Å². The fourth-order valence-electron chi connectivity index (χ4n) is 5.33. The molecule has 0 aromatic heterocycles. The van der Waals surface area contributed by atoms with Crippen molar-refractivity contribution in [2.45, 2.75) is 77.5 Å². The lowest BCUT2D eigenvalue weighted by molar-refractivity contribution is -0.135. The van der Waals surface area contributed by atoms with E-state index in [-0.39, 0.29) is 41.6 Å². The lowest BCUT2D eigenvalue weighted by Gasteiger charge is -2.33. The maximum absolute atomic E-state index is 14.9. The average molecular weight is 512 g/mol. The number of amides is 2. The van der Waals surface area contributed by atoms with Gasteiger partial charge in [0.1, 0.15) is 5.60 Å². The number of rotatable bonds is 5. The van der Waals surface area contributed by atoms with E-state index in [0.717, 1.165) is 36.8 Å². The Morgan fingerprint density at radius 1 is 1.14 bits per heavy atom. The number of piperidine rings is 1. The van der Waals surface area contributed by atoms with Gasteiger partial charge in [-0.15, -0.1) is 0 Å². The molecule has 0 N–H and O–H groups in total. The topological polar surface area (TPSA) is 63.4 Å². The van der Waals surface area contributed by atoms with E-state index in [1.807, 2.05) is 32.9 Å². The van der Waals surface area contributed by atoms with Crippen molar-refractivity contribution in [3.05, 3.63) is 47.1 Å². The number of hydrogen-bond acceptors (Lipinski definition) is 4. The van der Waals surface area contributed by atoms with E-state index in [9.17, 15) is 14.0 Å². The van der Waals surface area contributed by atoms with Crippen LogP contribution in [0.2, 0.25) is 0 Å². The SMILES string of the molecule is [C-]#[N+][C@@H]1CCCN1C(=O)C1CC=C(c2ccc(OCC3CCN(C(=O)OC(C)(C)C)CC3)c(F)c2)CC1. The van der Waals surface area contributed by atoms with Gasteiger partial charge in [-0.05, 0) is 88.5 Å². The molecular formula is C29H38FN3O4. The summed E-state index contributed by atoms with van der Waals surface area (Å²) in [6.07, 6.45) is 6.74. The molecule has 1 aromatic carbocycles. The van der Waals surface area contributed by atoms with Gasteiger partial charge in [-0.2, -0.15) is 0 Å². The predicted molar refractivity (Wildman–Crippen MR) is 139 cm³/mol. The van der Waals surface area contributed by atoms with E-state index < -0.39 is 5.60 Å². The Labute approximate surface area is 219 Å². The predicted octanol–water partition coefficient (Wildman–Crippen LogP) is 5.90. The summed E-state index contributed by atoms with van der Waals surface area (Å²) >= 11 is 0. The van der Waals surface area contributed by atoms with Crippen molar-refractivity contribution < 1.29 is 23.5 Å². The largest absolute Gasteiger partial charge is 0.490 e. The van der Waals surface area contributed by atoms with Crippen molar-refractivity contribution in [3.8, 4) is 5.75 Å². The summed E-state index contributed by atoms with van der Waals surface area (Å²) in [5, 5.41) is 0. The van der Waals surface area contributed by atoms with Gasteiger partial charge in [-0.1, -0.05) is 12.1 Å². The number of carbonyl (C=O) groups is 2. The van der Waals surface area contributed by atoms with Crippen molar-refractivity contribution in [3.63, 3.8) is 0 Å². The summed E-state index contributed by atoms with van der Waals surface area (Å²) in [7, 11) is 0. The van der Waals surface area contributed by atoms with Crippen LogP contribution in [-0.2, 0) is 9.53 Å². The van der Waals surface area contributed by atoms with E-state index in [1.54, 1.807) is 15.9 Å². The molecule has 2 atom stereocenters. The molecule has 0 saturated carbocycles. The summed E-state index contributed by atoms with van der Waals surface area (Å²) in [6.45, 7) is 15.2. The normalized spacial score (nSPS) is 22.8. The molecule has 1 aliphatic carbocycles. The fraction of sp³-hybridized carbons (Fsp3) is 0.621. The molecule has 0 bridgehead atoms. The van der Waals surface area contributed by atoms with Gasteiger partial charge in [0, 0.05) is 32.0 Å². The first-order valence-electron chi connectivity index (χ1n) is 13.4. The van der Waals surface area contributed by atoms with Gasteiger partial charge in [0.2, 0.25) is 5.91 Å². The summed E-state index contributed by atoms with van der Waals surface area (Å²) < 4.78 is 26.1. The van der Waals surface area contributed by atoms with Gasteiger partial charge in [-0.25, -0.2) is 15.8 Å². The molecule has 3 aliphatic rings. The number of ether oxygens (including phenoxy) is 2. The highest BCUT2D eigenvalue weighted by molar-refractivity contribution is 5.81. The number of allylic oxidation sites excluding steroid dienone is 2. The van der Waals surface area contributed by atoms with Crippen molar-refractivity contribution in [2.75, 3.05) is 26.2 Å². The second-order valence-corrected chi connectivity index (χ2v) is 11.4. The maximum atomic E-state index is 14.9. The third kappa shape index (κ3) is 6.82. The minimum atomic E-state index is -0.510. The van der Waals surface area contributed by atoms with Crippen LogP contribution in [0.1, 0.15) is 71.3 Å². The standard InChI is InChI=1S/C29H38FN3O4/c1-29(2,3)37-28(35)32-16-13-20(14-17-32)19-36-25-12-11-23(18-24(25)30)21-7-9-22(10-8-21)27(34)33-15-5-6-26(33)31-4/h7,11-12,18,20,22,26H,5-6,8-10,13-17,19H2,1-3H3/t22?,26-/m0/s1. The molecule has 7 nitrogen and oxygen atoms in total. The van der Waals surface area contributed by atoms with Crippen LogP contribution in [0.5, 0.6) is 5.75 Å². The van der Waals surface area contributed by atoms with Crippen LogP contribution in [-0.4, -0.2) is 59.8 Å². The van der Waals surface area contributed by atoms with Crippen LogP contribution < -0.4 is 4.74 Å². The molecule has 0 radical (unpaired) electrons. The smallest absolute Gasteiger partial charge is 0.410 e. The zero-order valence-corrected chi connectivity index (χ0v) is 22.2. The minimum absolute atomic E-state index is 0.0839. The molecular weight excluding hydrogens is 473 g/mol. The Hall–Kier alpha value is -3.08. The number of carbonyl (C=O) groups excluding carboxylic acids is 2. The maximum Gasteiger partial charge on any atom is 0.410 e. The summed E-state index contributed by atoms with van der Waals surface area (Å²) in [5.74, 6) is 0.0917. The van der Waals surface area contributed by atoms with Crippen LogP contribution in [0.15, 0.2) is 24.3 Å². The van der Waals surface area contributed by atoms with Gasteiger partial charge >= 0.3 is 12.3 Å². The number of halogens is 1. The van der Waals surface area contributed by atoms with E-state index in [1.165, 1.54) is 6.07 Å². The van der Waals surface area contributed by atoms with Crippen LogP contribution in [0.25, 0.3) is 10.4 Å². The summed E-state index contributed by atoms with van der Waals surface area (Å²) in [6, 6.07) is 5.08. The van der Waals surface area contributed by atoms with Crippen LogP contribution in [0.4, 0.5) is 9.18 Å². The van der Waals surface area contributed by atoms with Crippen LogP contribution in [0.3, 0.4) is 0 Å². The molecule has 0 spiro atoms. The lowest BCUT2D eigenvalue weighted by atomic mass is 9.85. The average Bonchev–Trinajstić information content (AvgIpc) is 3.36. The molecule has 4 rings (SSSR count). The molecule has 2 aliphatic heterocycles. The number of hydrogen-bond donors (Lipinski definition) is 0. The molecule has 2 amide bonds. The highest BCUT2D eigenvalue weighted by Gasteiger charge is 2.37. The first-order chi connectivity index (χ1) is 17.6. The third-order valence-corrected chi connectivity index (χ3v) is 7.46. The minimum Gasteiger partial charge on any atom is -0.490 e. The Balaban J connectivity index is 1.26. The van der Waals surface area contributed by atoms with Crippen molar-refractivity contribution >= 4 is 17.6 Å². The van der Waals surface area contributed by atoms with Gasteiger partial charge < -0.3 is 14.4 Å². The summed E-state index contributed by atoms with van der Waals surface area (Å²) in [5.41, 5.74) is 1.36. The van der Waals surface area contributed by atoms with Crippen molar-refractivity contribution in [1.82, 2.24) is 9.80 Å². The molecule has 200 valence electrons. The van der Waals surface area contributed by atoms with E-state index in [2.05, 4.69) is 4.85 Å². The molecule has 2 saturated heterocycles. The Morgan fingerprint density at radius 3 is 2.51 bits per heavy atom. The van der Waals surface area contributed by atoms with Gasteiger partial charge in [0.05, 0.1) is 6.61 Å². The van der Waals surface area contributed by atoms with Gasteiger partial charge in [0.15, 0.2) is 11.6 Å². The third-order valence-electron chi connectivity index (χ3n) is 7.46. The molecule has 2 fully saturated rings. The highest BCUT2D eigenvalue weighted by atomic mass is 19.1. The lowest BCUT2D eigenvalue weighted by Crippen LogP contribution is -2.42. The monoisotopic (exact) mass is 511 g/mol.